The number of fused-ring (bicyclic) bond motifs is 1. The number of ketones is 1. The number of hydrogen-bond acceptors (Lipinski definition) is 7. The first-order valence-corrected chi connectivity index (χ1v) is 13.9. The number of aliphatic hydroxyl groups excluding tert-OH is 1. The van der Waals surface area contributed by atoms with E-state index in [1.54, 1.807) is 18.2 Å². The third kappa shape index (κ3) is 5.16. The summed E-state index contributed by atoms with van der Waals surface area (Å²) in [5.74, 6) is -1.60. The third-order valence-electron chi connectivity index (χ3n) is 6.81. The summed E-state index contributed by atoms with van der Waals surface area (Å²) in [7, 11) is 1.52. The number of hydrogen-bond donors (Lipinski definition) is 1. The topological polar surface area (TPSA) is 89.0 Å². The number of thiazole rings is 1. The highest BCUT2D eigenvalue weighted by Gasteiger charge is 2.48. The fourth-order valence-corrected chi connectivity index (χ4v) is 5.83. The Labute approximate surface area is 235 Å². The number of Topliss-reactive ketones (excluding diaryl/α,β-unsaturated/α-hetero) is 1. The predicted octanol–water partition coefficient (Wildman–Crippen LogP) is 6.95. The van der Waals surface area contributed by atoms with Gasteiger partial charge >= 0.3 is 5.91 Å². The maximum absolute atomic E-state index is 13.6. The van der Waals surface area contributed by atoms with Gasteiger partial charge in [0.2, 0.25) is 0 Å². The summed E-state index contributed by atoms with van der Waals surface area (Å²) < 4.78 is 26.0. The standard InChI is InChI=1S/C31H29FN2O5S/c1-4-5-6-15-39-23-14-10-20(17-24(23)38-3)27-26(28(35)19-8-11-21(32)12-9-19)29(36)30(37)34(27)31-33-22-13-7-18(2)16-25(22)40-31/h7-14,16-17,27,35H,4-6,15H2,1-3H3. The molecule has 1 aliphatic rings. The molecule has 0 bridgehead atoms. The fourth-order valence-electron chi connectivity index (χ4n) is 4.74. The Morgan fingerprint density at radius 2 is 1.82 bits per heavy atom. The van der Waals surface area contributed by atoms with Crippen LogP contribution in [0, 0.1) is 12.7 Å². The number of anilines is 1. The van der Waals surface area contributed by atoms with Gasteiger partial charge in [-0.2, -0.15) is 0 Å². The van der Waals surface area contributed by atoms with Crippen LogP contribution in [-0.4, -0.2) is 35.5 Å². The Kier molecular flexibility index (Phi) is 7.84. The number of rotatable bonds is 9. The highest BCUT2D eigenvalue weighted by Crippen LogP contribution is 2.46. The van der Waals surface area contributed by atoms with Crippen LogP contribution in [0.15, 0.2) is 66.2 Å². The lowest BCUT2D eigenvalue weighted by atomic mass is 9.95. The molecule has 5 rings (SSSR count). The summed E-state index contributed by atoms with van der Waals surface area (Å²) in [5, 5.41) is 11.6. The zero-order chi connectivity index (χ0) is 28.4. The van der Waals surface area contributed by atoms with E-state index in [1.807, 2.05) is 25.1 Å². The van der Waals surface area contributed by atoms with Crippen LogP contribution in [0.3, 0.4) is 0 Å². The number of nitrogens with zero attached hydrogens (tertiary/aromatic N) is 2. The number of carbonyl (C=O) groups excluding carboxylic acids is 2. The van der Waals surface area contributed by atoms with Crippen LogP contribution in [0.5, 0.6) is 11.5 Å². The first-order chi connectivity index (χ1) is 19.3. The maximum atomic E-state index is 13.6. The number of carbonyl (C=O) groups is 2. The van der Waals surface area contributed by atoms with Crippen LogP contribution in [0.1, 0.15) is 48.9 Å². The Morgan fingerprint density at radius 3 is 2.55 bits per heavy atom. The average molecular weight is 561 g/mol. The SMILES string of the molecule is CCCCCOc1ccc(C2C(=C(O)c3ccc(F)cc3)C(=O)C(=O)N2c2nc3ccc(C)cc3s2)cc1OC. The van der Waals surface area contributed by atoms with Gasteiger partial charge in [0, 0.05) is 5.56 Å². The number of aromatic nitrogens is 1. The summed E-state index contributed by atoms with van der Waals surface area (Å²) in [5.41, 5.74) is 2.35. The number of unbranched alkanes of at least 4 members (excludes halogenated alkanes) is 2. The number of halogens is 1. The van der Waals surface area contributed by atoms with Gasteiger partial charge in [-0.15, -0.1) is 0 Å². The molecule has 1 saturated heterocycles. The van der Waals surface area contributed by atoms with Crippen LogP contribution in [-0.2, 0) is 9.59 Å². The van der Waals surface area contributed by atoms with Crippen molar-refractivity contribution in [2.45, 2.75) is 39.2 Å². The van der Waals surface area contributed by atoms with Gasteiger partial charge in [-0.25, -0.2) is 9.37 Å². The molecule has 1 unspecified atom stereocenters. The first kappa shape index (κ1) is 27.3. The van der Waals surface area contributed by atoms with Crippen LogP contribution in [0.25, 0.3) is 16.0 Å². The molecule has 0 spiro atoms. The molecule has 40 heavy (non-hydrogen) atoms. The second kappa shape index (κ2) is 11.5. The van der Waals surface area contributed by atoms with Crippen molar-refractivity contribution in [3.8, 4) is 11.5 Å². The van der Waals surface area contributed by atoms with E-state index in [0.29, 0.717) is 34.3 Å². The molecule has 3 aromatic carbocycles. The summed E-state index contributed by atoms with van der Waals surface area (Å²) in [6.45, 7) is 4.61. The second-order valence-corrected chi connectivity index (χ2v) is 10.6. The lowest BCUT2D eigenvalue weighted by Gasteiger charge is -2.24. The zero-order valence-corrected chi connectivity index (χ0v) is 23.3. The molecule has 2 heterocycles. The molecule has 0 saturated carbocycles. The molecule has 1 aromatic heterocycles. The summed E-state index contributed by atoms with van der Waals surface area (Å²) in [6.07, 6.45) is 3.01. The van der Waals surface area contributed by atoms with Gasteiger partial charge in [-0.3, -0.25) is 14.5 Å². The summed E-state index contributed by atoms with van der Waals surface area (Å²) in [6, 6.07) is 15.0. The molecule has 0 radical (unpaired) electrons. The van der Waals surface area contributed by atoms with Crippen LogP contribution in [0.4, 0.5) is 9.52 Å². The lowest BCUT2D eigenvalue weighted by molar-refractivity contribution is -0.132. The van der Waals surface area contributed by atoms with Gasteiger partial charge in [0.15, 0.2) is 16.6 Å². The molecule has 1 aliphatic heterocycles. The first-order valence-electron chi connectivity index (χ1n) is 13.1. The Balaban J connectivity index is 1.65. The molecule has 206 valence electrons. The van der Waals surface area contributed by atoms with Crippen molar-refractivity contribution >= 4 is 44.1 Å². The molecular formula is C31H29FN2O5S. The average Bonchev–Trinajstić information content (AvgIpc) is 3.48. The monoisotopic (exact) mass is 560 g/mol. The van der Waals surface area contributed by atoms with Gasteiger partial charge < -0.3 is 14.6 Å². The predicted molar refractivity (Wildman–Crippen MR) is 154 cm³/mol. The number of ether oxygens (including phenoxy) is 2. The molecule has 1 fully saturated rings. The van der Waals surface area contributed by atoms with E-state index in [2.05, 4.69) is 11.9 Å². The van der Waals surface area contributed by atoms with Crippen molar-refractivity contribution in [1.82, 2.24) is 4.98 Å². The summed E-state index contributed by atoms with van der Waals surface area (Å²) >= 11 is 1.29. The van der Waals surface area contributed by atoms with E-state index in [-0.39, 0.29) is 11.1 Å². The number of amides is 1. The number of benzene rings is 3. The van der Waals surface area contributed by atoms with Crippen LogP contribution >= 0.6 is 11.3 Å². The van der Waals surface area contributed by atoms with E-state index in [0.717, 1.165) is 29.5 Å². The second-order valence-electron chi connectivity index (χ2n) is 9.61. The molecule has 1 amide bonds. The quantitative estimate of drug-likeness (QED) is 0.103. The van der Waals surface area contributed by atoms with Gasteiger partial charge in [-0.05, 0) is 73.0 Å². The molecule has 0 aliphatic carbocycles. The Hall–Kier alpha value is -4.24. The normalized spacial score (nSPS) is 16.6. The van der Waals surface area contributed by atoms with Crippen LogP contribution in [0.2, 0.25) is 0 Å². The van der Waals surface area contributed by atoms with E-state index in [1.165, 1.54) is 47.6 Å². The van der Waals surface area contributed by atoms with Crippen molar-refractivity contribution in [1.29, 1.82) is 0 Å². The largest absolute Gasteiger partial charge is 0.507 e. The highest BCUT2D eigenvalue weighted by molar-refractivity contribution is 7.22. The van der Waals surface area contributed by atoms with Crippen molar-refractivity contribution < 1.29 is 28.6 Å². The minimum absolute atomic E-state index is 0.120. The molecular weight excluding hydrogens is 531 g/mol. The van der Waals surface area contributed by atoms with Gasteiger partial charge in [0.05, 0.1) is 35.5 Å². The van der Waals surface area contributed by atoms with E-state index >= 15 is 0 Å². The zero-order valence-electron chi connectivity index (χ0n) is 22.4. The van der Waals surface area contributed by atoms with Crippen molar-refractivity contribution in [3.05, 3.63) is 88.7 Å². The van der Waals surface area contributed by atoms with Gasteiger partial charge in [0.25, 0.3) is 5.78 Å². The Bertz CT molecular complexity index is 1610. The summed E-state index contributed by atoms with van der Waals surface area (Å²) in [4.78, 5) is 33.0. The van der Waals surface area contributed by atoms with Crippen molar-refractivity contribution in [2.75, 3.05) is 18.6 Å². The van der Waals surface area contributed by atoms with E-state index < -0.39 is 29.3 Å². The highest BCUT2D eigenvalue weighted by atomic mass is 32.1. The number of aliphatic hydroxyl groups is 1. The lowest BCUT2D eigenvalue weighted by Crippen LogP contribution is -2.29. The number of aryl methyl sites for hydroxylation is 1. The third-order valence-corrected chi connectivity index (χ3v) is 7.83. The van der Waals surface area contributed by atoms with Gasteiger partial charge in [0.1, 0.15) is 11.6 Å². The fraction of sp³-hybridized carbons (Fsp3) is 0.258. The van der Waals surface area contributed by atoms with E-state index in [4.69, 9.17) is 9.47 Å². The minimum Gasteiger partial charge on any atom is -0.507 e. The minimum atomic E-state index is -1.00. The van der Waals surface area contributed by atoms with E-state index in [9.17, 15) is 19.1 Å². The Morgan fingerprint density at radius 1 is 1.05 bits per heavy atom. The molecule has 9 heteroatoms. The molecule has 1 N–H and O–H groups in total. The van der Waals surface area contributed by atoms with Crippen LogP contribution < -0.4 is 14.4 Å². The molecule has 7 nitrogen and oxygen atoms in total. The smallest absolute Gasteiger partial charge is 0.301 e. The van der Waals surface area contributed by atoms with Crippen molar-refractivity contribution in [3.63, 3.8) is 0 Å². The van der Waals surface area contributed by atoms with Crippen molar-refractivity contribution in [2.24, 2.45) is 0 Å². The van der Waals surface area contributed by atoms with Gasteiger partial charge in [-0.1, -0.05) is 43.2 Å². The number of methoxy groups -OCH3 is 1. The maximum Gasteiger partial charge on any atom is 0.301 e. The molecule has 1 atom stereocenters. The molecule has 4 aromatic rings.